The van der Waals surface area contributed by atoms with Gasteiger partial charge in [0.2, 0.25) is 5.91 Å². The van der Waals surface area contributed by atoms with Gasteiger partial charge in [-0.05, 0) is 32.2 Å². The highest BCUT2D eigenvalue weighted by molar-refractivity contribution is 5.78. The maximum atomic E-state index is 12.0. The van der Waals surface area contributed by atoms with Gasteiger partial charge in [0.1, 0.15) is 0 Å². The van der Waals surface area contributed by atoms with Gasteiger partial charge in [-0.2, -0.15) is 0 Å². The molecule has 0 aromatic heterocycles. The van der Waals surface area contributed by atoms with E-state index in [-0.39, 0.29) is 11.8 Å². The van der Waals surface area contributed by atoms with Crippen molar-refractivity contribution in [3.63, 3.8) is 0 Å². The van der Waals surface area contributed by atoms with Gasteiger partial charge >= 0.3 is 0 Å². The molecule has 0 saturated heterocycles. The zero-order valence-electron chi connectivity index (χ0n) is 11.6. The minimum atomic E-state index is 0.0673. The van der Waals surface area contributed by atoms with Crippen LogP contribution >= 0.6 is 0 Å². The summed E-state index contributed by atoms with van der Waals surface area (Å²) in [6.45, 7) is 4.93. The SMILES string of the molecule is CCC(NC(=O)C(C)CNC)C1CCCCC1. The summed E-state index contributed by atoms with van der Waals surface area (Å²) in [5.41, 5.74) is 0. The van der Waals surface area contributed by atoms with Gasteiger partial charge in [-0.15, -0.1) is 0 Å². The molecule has 17 heavy (non-hydrogen) atoms. The fourth-order valence-electron chi connectivity index (χ4n) is 2.81. The van der Waals surface area contributed by atoms with Gasteiger partial charge in [0.25, 0.3) is 0 Å². The largest absolute Gasteiger partial charge is 0.353 e. The van der Waals surface area contributed by atoms with Crippen molar-refractivity contribution in [3.05, 3.63) is 0 Å². The van der Waals surface area contributed by atoms with Crippen LogP contribution in [0.2, 0.25) is 0 Å². The highest BCUT2D eigenvalue weighted by atomic mass is 16.1. The Hall–Kier alpha value is -0.570. The summed E-state index contributed by atoms with van der Waals surface area (Å²) in [6.07, 6.45) is 7.68. The van der Waals surface area contributed by atoms with E-state index < -0.39 is 0 Å². The lowest BCUT2D eigenvalue weighted by Crippen LogP contribution is -2.44. The molecule has 1 rings (SSSR count). The lowest BCUT2D eigenvalue weighted by molar-refractivity contribution is -0.125. The van der Waals surface area contributed by atoms with Crippen LogP contribution in [0.3, 0.4) is 0 Å². The monoisotopic (exact) mass is 240 g/mol. The van der Waals surface area contributed by atoms with Gasteiger partial charge in [0.05, 0.1) is 0 Å². The maximum absolute atomic E-state index is 12.0. The summed E-state index contributed by atoms with van der Waals surface area (Å²) < 4.78 is 0. The van der Waals surface area contributed by atoms with E-state index in [4.69, 9.17) is 0 Å². The Morgan fingerprint density at radius 2 is 1.94 bits per heavy atom. The van der Waals surface area contributed by atoms with E-state index in [1.165, 1.54) is 32.1 Å². The van der Waals surface area contributed by atoms with E-state index in [2.05, 4.69) is 17.6 Å². The summed E-state index contributed by atoms with van der Waals surface area (Å²) in [5, 5.41) is 6.30. The number of amides is 1. The minimum Gasteiger partial charge on any atom is -0.353 e. The lowest BCUT2D eigenvalue weighted by Gasteiger charge is -2.31. The van der Waals surface area contributed by atoms with Crippen molar-refractivity contribution < 1.29 is 4.79 Å². The van der Waals surface area contributed by atoms with Crippen molar-refractivity contribution in [2.45, 2.75) is 58.4 Å². The first-order chi connectivity index (χ1) is 8.19. The molecule has 0 aromatic rings. The Kier molecular flexibility index (Phi) is 6.56. The molecule has 0 aliphatic heterocycles. The summed E-state index contributed by atoms with van der Waals surface area (Å²) in [6, 6.07) is 0.391. The van der Waals surface area contributed by atoms with Gasteiger partial charge in [-0.1, -0.05) is 33.1 Å². The van der Waals surface area contributed by atoms with Crippen LogP contribution in [0.15, 0.2) is 0 Å². The van der Waals surface area contributed by atoms with Crippen LogP contribution in [0.5, 0.6) is 0 Å². The highest BCUT2D eigenvalue weighted by Crippen LogP contribution is 2.27. The lowest BCUT2D eigenvalue weighted by atomic mass is 9.82. The van der Waals surface area contributed by atoms with Crippen molar-refractivity contribution in [1.29, 1.82) is 0 Å². The van der Waals surface area contributed by atoms with E-state index in [0.29, 0.717) is 12.0 Å². The van der Waals surface area contributed by atoms with E-state index >= 15 is 0 Å². The van der Waals surface area contributed by atoms with Gasteiger partial charge in [-0.25, -0.2) is 0 Å². The fraction of sp³-hybridized carbons (Fsp3) is 0.929. The summed E-state index contributed by atoms with van der Waals surface area (Å²) in [4.78, 5) is 12.0. The topological polar surface area (TPSA) is 41.1 Å². The number of rotatable bonds is 6. The number of carbonyl (C=O) groups is 1. The quantitative estimate of drug-likeness (QED) is 0.748. The fourth-order valence-corrected chi connectivity index (χ4v) is 2.81. The third-order valence-electron chi connectivity index (χ3n) is 3.94. The van der Waals surface area contributed by atoms with Crippen molar-refractivity contribution in [1.82, 2.24) is 10.6 Å². The molecular formula is C14H28N2O. The van der Waals surface area contributed by atoms with Crippen molar-refractivity contribution in [2.24, 2.45) is 11.8 Å². The van der Waals surface area contributed by atoms with Crippen LogP contribution in [0, 0.1) is 11.8 Å². The van der Waals surface area contributed by atoms with Gasteiger partial charge in [0.15, 0.2) is 0 Å². The zero-order valence-corrected chi connectivity index (χ0v) is 11.6. The Morgan fingerprint density at radius 1 is 1.29 bits per heavy atom. The average Bonchev–Trinajstić information content (AvgIpc) is 2.37. The molecule has 1 aliphatic carbocycles. The zero-order chi connectivity index (χ0) is 12.7. The van der Waals surface area contributed by atoms with Gasteiger partial charge in [-0.3, -0.25) is 4.79 Å². The molecule has 2 atom stereocenters. The molecule has 100 valence electrons. The molecule has 1 fully saturated rings. The Morgan fingerprint density at radius 3 is 2.47 bits per heavy atom. The van der Waals surface area contributed by atoms with Crippen molar-refractivity contribution in [2.75, 3.05) is 13.6 Å². The second kappa shape index (κ2) is 7.70. The highest BCUT2D eigenvalue weighted by Gasteiger charge is 2.24. The minimum absolute atomic E-state index is 0.0673. The average molecular weight is 240 g/mol. The van der Waals surface area contributed by atoms with Crippen molar-refractivity contribution in [3.8, 4) is 0 Å². The molecule has 0 radical (unpaired) electrons. The Bertz CT molecular complexity index is 224. The van der Waals surface area contributed by atoms with E-state index in [9.17, 15) is 4.79 Å². The number of hydrogen-bond donors (Lipinski definition) is 2. The van der Waals surface area contributed by atoms with Gasteiger partial charge in [0, 0.05) is 18.5 Å². The van der Waals surface area contributed by atoms with Crippen LogP contribution in [-0.4, -0.2) is 25.5 Å². The van der Waals surface area contributed by atoms with Crippen LogP contribution in [0.1, 0.15) is 52.4 Å². The second-order valence-electron chi connectivity index (χ2n) is 5.38. The van der Waals surface area contributed by atoms with Crippen LogP contribution in [0.25, 0.3) is 0 Å². The second-order valence-corrected chi connectivity index (χ2v) is 5.38. The molecule has 2 N–H and O–H groups in total. The third kappa shape index (κ3) is 4.66. The van der Waals surface area contributed by atoms with Crippen LogP contribution < -0.4 is 10.6 Å². The molecular weight excluding hydrogens is 212 g/mol. The third-order valence-corrected chi connectivity index (χ3v) is 3.94. The standard InChI is InChI=1S/C14H28N2O/c1-4-13(12-8-6-5-7-9-12)16-14(17)11(2)10-15-3/h11-13,15H,4-10H2,1-3H3,(H,16,17). The van der Waals surface area contributed by atoms with E-state index in [1.54, 1.807) is 0 Å². The Balaban J connectivity index is 2.42. The molecule has 1 aliphatic rings. The molecule has 0 aromatic carbocycles. The molecule has 1 saturated carbocycles. The number of carbonyl (C=O) groups excluding carboxylic acids is 1. The summed E-state index contributed by atoms with van der Waals surface area (Å²) in [5.74, 6) is 0.980. The van der Waals surface area contributed by atoms with Gasteiger partial charge < -0.3 is 10.6 Å². The maximum Gasteiger partial charge on any atom is 0.224 e. The van der Waals surface area contributed by atoms with E-state index in [0.717, 1.165) is 13.0 Å². The molecule has 0 bridgehead atoms. The first kappa shape index (κ1) is 14.5. The molecule has 0 spiro atoms. The summed E-state index contributed by atoms with van der Waals surface area (Å²) in [7, 11) is 1.89. The summed E-state index contributed by atoms with van der Waals surface area (Å²) >= 11 is 0. The van der Waals surface area contributed by atoms with Crippen LogP contribution in [0.4, 0.5) is 0 Å². The van der Waals surface area contributed by atoms with E-state index in [1.807, 2.05) is 14.0 Å². The Labute approximate surface area is 106 Å². The first-order valence-electron chi connectivity index (χ1n) is 7.14. The van der Waals surface area contributed by atoms with Crippen LogP contribution in [-0.2, 0) is 4.79 Å². The molecule has 1 amide bonds. The normalized spacial score (nSPS) is 20.9. The van der Waals surface area contributed by atoms with Crippen molar-refractivity contribution >= 4 is 5.91 Å². The predicted molar refractivity (Wildman–Crippen MR) is 71.9 cm³/mol. The molecule has 0 heterocycles. The number of nitrogens with one attached hydrogen (secondary N) is 2. The molecule has 2 unspecified atom stereocenters. The first-order valence-corrected chi connectivity index (χ1v) is 7.14. The number of hydrogen-bond acceptors (Lipinski definition) is 2. The molecule has 3 heteroatoms. The smallest absolute Gasteiger partial charge is 0.224 e. The molecule has 3 nitrogen and oxygen atoms in total. The predicted octanol–water partition coefficient (Wildman–Crippen LogP) is 2.32.